The third kappa shape index (κ3) is 4.65. The molecule has 3 heterocycles. The number of aryl methyl sites for hydroxylation is 1. The molecule has 0 radical (unpaired) electrons. The van der Waals surface area contributed by atoms with Crippen molar-refractivity contribution in [2.24, 2.45) is 7.05 Å². The van der Waals surface area contributed by atoms with E-state index in [4.69, 9.17) is 5.73 Å². The summed E-state index contributed by atoms with van der Waals surface area (Å²) in [5, 5.41) is 3.44. The average Bonchev–Trinajstić information content (AvgIpc) is 3.30. The van der Waals surface area contributed by atoms with Gasteiger partial charge in [0.1, 0.15) is 22.3 Å². The number of nitrogens with two attached hydrogens (primary N) is 1. The highest BCUT2D eigenvalue weighted by Crippen LogP contribution is 2.31. The Morgan fingerprint density at radius 3 is 2.45 bits per heavy atom. The molecule has 1 aliphatic rings. The lowest BCUT2D eigenvalue weighted by Gasteiger charge is -2.30. The Balaban J connectivity index is 1.43. The topological polar surface area (TPSA) is 123 Å². The molecule has 3 aromatic rings. The first-order chi connectivity index (χ1) is 15.6. The van der Waals surface area contributed by atoms with Gasteiger partial charge in [0.2, 0.25) is 5.78 Å². The molecular weight excluding hydrogens is 542 g/mol. The fraction of sp³-hybridized carbons (Fsp3) is 0.316. The van der Waals surface area contributed by atoms with Crippen molar-refractivity contribution in [3.05, 3.63) is 51.2 Å². The number of sulfonamides is 1. The normalized spacial score (nSPS) is 15.6. The first kappa shape index (κ1) is 23.7. The van der Waals surface area contributed by atoms with E-state index in [2.05, 4.69) is 31.2 Å². The van der Waals surface area contributed by atoms with E-state index >= 15 is 0 Å². The minimum atomic E-state index is -3.72. The Bertz CT molecular complexity index is 1280. The Labute approximate surface area is 200 Å². The van der Waals surface area contributed by atoms with E-state index in [1.165, 1.54) is 16.6 Å². The summed E-state index contributed by atoms with van der Waals surface area (Å²) in [6, 6.07) is 3.05. The van der Waals surface area contributed by atoms with Crippen LogP contribution >= 0.6 is 27.3 Å². The number of carbonyl (C=O) groups excluding carboxylic acids is 1. The zero-order chi connectivity index (χ0) is 23.9. The fourth-order valence-corrected chi connectivity index (χ4v) is 6.24. The maximum Gasteiger partial charge on any atom is 0.262 e. The Kier molecular flexibility index (Phi) is 6.53. The number of ketones is 1. The largest absolute Gasteiger partial charge is 0.382 e. The molecular formula is C19H19BrF2N6O3S2. The molecule has 0 aliphatic carbocycles. The van der Waals surface area contributed by atoms with Crippen LogP contribution in [0.1, 0.15) is 28.1 Å². The van der Waals surface area contributed by atoms with Crippen molar-refractivity contribution < 1.29 is 22.0 Å². The molecule has 1 aromatic carbocycles. The Morgan fingerprint density at radius 2 is 1.88 bits per heavy atom. The summed E-state index contributed by atoms with van der Waals surface area (Å²) in [6.45, 7) is 0.530. The highest BCUT2D eigenvalue weighted by Gasteiger charge is 2.32. The van der Waals surface area contributed by atoms with E-state index in [1.54, 1.807) is 11.6 Å². The number of nitrogen functional groups attached to an aromatic ring is 1. The molecule has 0 bridgehead atoms. The molecule has 14 heteroatoms. The van der Waals surface area contributed by atoms with Gasteiger partial charge in [0.05, 0.1) is 5.56 Å². The summed E-state index contributed by atoms with van der Waals surface area (Å²) in [6.07, 6.45) is 2.41. The number of hydrogen-bond acceptors (Lipinski definition) is 8. The summed E-state index contributed by atoms with van der Waals surface area (Å²) >= 11 is 4.10. The summed E-state index contributed by atoms with van der Waals surface area (Å²) < 4.78 is 56.9. The molecule has 1 fully saturated rings. The van der Waals surface area contributed by atoms with E-state index in [1.807, 2.05) is 0 Å². The summed E-state index contributed by atoms with van der Waals surface area (Å²) in [7, 11) is -2.03. The minimum absolute atomic E-state index is 0.0282. The van der Waals surface area contributed by atoms with Crippen molar-refractivity contribution in [1.29, 1.82) is 0 Å². The lowest BCUT2D eigenvalue weighted by atomic mass is 10.1. The Hall–Kier alpha value is -2.42. The highest BCUT2D eigenvalue weighted by molar-refractivity contribution is 9.10. The molecule has 0 atom stereocenters. The van der Waals surface area contributed by atoms with Crippen LogP contribution in [0.5, 0.6) is 0 Å². The molecule has 2 aromatic heterocycles. The van der Waals surface area contributed by atoms with Crippen molar-refractivity contribution in [2.45, 2.75) is 23.9 Å². The van der Waals surface area contributed by atoms with Gasteiger partial charge in [-0.3, -0.25) is 4.79 Å². The summed E-state index contributed by atoms with van der Waals surface area (Å²) in [4.78, 5) is 20.7. The fourth-order valence-electron chi connectivity index (χ4n) is 3.47. The lowest BCUT2D eigenvalue weighted by molar-refractivity contribution is 0.103. The van der Waals surface area contributed by atoms with Gasteiger partial charge >= 0.3 is 0 Å². The minimum Gasteiger partial charge on any atom is -0.382 e. The van der Waals surface area contributed by atoms with Gasteiger partial charge < -0.3 is 15.6 Å². The monoisotopic (exact) mass is 560 g/mol. The first-order valence-corrected chi connectivity index (χ1v) is 12.8. The van der Waals surface area contributed by atoms with Crippen molar-refractivity contribution in [1.82, 2.24) is 18.8 Å². The third-order valence-electron chi connectivity index (χ3n) is 5.23. The molecule has 4 rings (SSSR count). The van der Waals surface area contributed by atoms with E-state index in [0.717, 1.165) is 23.5 Å². The zero-order valence-electron chi connectivity index (χ0n) is 17.3. The van der Waals surface area contributed by atoms with E-state index in [0.29, 0.717) is 22.7 Å². The molecule has 176 valence electrons. The number of anilines is 2. The predicted molar refractivity (Wildman–Crippen MR) is 123 cm³/mol. The highest BCUT2D eigenvalue weighted by atomic mass is 79.9. The SMILES string of the molecule is Cn1cc(S(=O)(=O)N2CCC(Nc3nc(N)c(C(=O)c4c(F)cccc4F)s3)CC2)nc1Br. The van der Waals surface area contributed by atoms with Crippen molar-refractivity contribution in [3.8, 4) is 0 Å². The second-order valence-corrected chi connectivity index (χ2v) is 11.0. The number of aromatic nitrogens is 3. The quantitative estimate of drug-likeness (QED) is 0.444. The van der Waals surface area contributed by atoms with E-state index in [9.17, 15) is 22.0 Å². The summed E-state index contributed by atoms with van der Waals surface area (Å²) in [5.74, 6) is -2.96. The van der Waals surface area contributed by atoms with Crippen LogP contribution in [0.15, 0.2) is 34.2 Å². The molecule has 1 aliphatic heterocycles. The van der Waals surface area contributed by atoms with Crippen molar-refractivity contribution in [3.63, 3.8) is 0 Å². The van der Waals surface area contributed by atoms with Gasteiger partial charge in [0.15, 0.2) is 14.9 Å². The van der Waals surface area contributed by atoms with Gasteiger partial charge in [-0.2, -0.15) is 4.31 Å². The van der Waals surface area contributed by atoms with Gasteiger partial charge in [-0.25, -0.2) is 27.2 Å². The van der Waals surface area contributed by atoms with Crippen LogP contribution in [-0.2, 0) is 17.1 Å². The molecule has 33 heavy (non-hydrogen) atoms. The maximum atomic E-state index is 14.0. The zero-order valence-corrected chi connectivity index (χ0v) is 20.5. The second kappa shape index (κ2) is 9.08. The van der Waals surface area contributed by atoms with Gasteiger partial charge in [-0.1, -0.05) is 17.4 Å². The molecule has 0 saturated carbocycles. The average molecular weight is 561 g/mol. The standard InChI is InChI=1S/C19H19BrF2N6O3S2/c1-27-9-13(25-18(27)20)33(30,31)28-7-5-10(6-8-28)24-19-26-17(23)16(32-19)15(29)14-11(21)3-2-4-12(14)22/h2-4,9-10H,5-8,23H2,1H3,(H,24,26). The van der Waals surface area contributed by atoms with Crippen LogP contribution in [0.2, 0.25) is 0 Å². The van der Waals surface area contributed by atoms with Gasteiger partial charge in [0.25, 0.3) is 10.0 Å². The van der Waals surface area contributed by atoms with Gasteiger partial charge in [-0.15, -0.1) is 0 Å². The molecule has 3 N–H and O–H groups in total. The van der Waals surface area contributed by atoms with E-state index < -0.39 is 33.0 Å². The van der Waals surface area contributed by atoms with Crippen LogP contribution in [0.25, 0.3) is 0 Å². The van der Waals surface area contributed by atoms with Gasteiger partial charge in [-0.05, 0) is 40.9 Å². The van der Waals surface area contributed by atoms with Gasteiger partial charge in [0, 0.05) is 32.4 Å². The number of benzene rings is 1. The number of nitrogens with one attached hydrogen (secondary N) is 1. The summed E-state index contributed by atoms with van der Waals surface area (Å²) in [5.41, 5.74) is 5.15. The lowest BCUT2D eigenvalue weighted by Crippen LogP contribution is -2.42. The number of hydrogen-bond donors (Lipinski definition) is 2. The Morgan fingerprint density at radius 1 is 1.24 bits per heavy atom. The number of halogens is 3. The van der Waals surface area contributed by atoms with E-state index in [-0.39, 0.29) is 34.9 Å². The number of piperidine rings is 1. The number of rotatable bonds is 6. The molecule has 1 saturated heterocycles. The van der Waals surface area contributed by atoms with Crippen LogP contribution < -0.4 is 11.1 Å². The first-order valence-electron chi connectivity index (χ1n) is 9.78. The van der Waals surface area contributed by atoms with Crippen LogP contribution in [0, 0.1) is 11.6 Å². The van der Waals surface area contributed by atoms with Crippen LogP contribution in [-0.4, -0.2) is 52.2 Å². The van der Waals surface area contributed by atoms with Crippen molar-refractivity contribution in [2.75, 3.05) is 24.1 Å². The predicted octanol–water partition coefficient (Wildman–Crippen LogP) is 3.00. The number of carbonyl (C=O) groups is 1. The molecule has 9 nitrogen and oxygen atoms in total. The second-order valence-electron chi connectivity index (χ2n) is 7.44. The molecule has 0 spiro atoms. The molecule has 0 amide bonds. The molecule has 0 unspecified atom stereocenters. The number of thiazole rings is 1. The number of imidazole rings is 1. The van der Waals surface area contributed by atoms with Crippen LogP contribution in [0.3, 0.4) is 0 Å². The smallest absolute Gasteiger partial charge is 0.262 e. The number of nitrogens with zero attached hydrogens (tertiary/aromatic N) is 4. The van der Waals surface area contributed by atoms with Crippen molar-refractivity contribution >= 4 is 54.0 Å². The third-order valence-corrected chi connectivity index (χ3v) is 8.74. The van der Waals surface area contributed by atoms with Crippen LogP contribution in [0.4, 0.5) is 19.7 Å². The maximum absolute atomic E-state index is 14.0.